The number of nitrogens with zero attached hydrogens (tertiary/aromatic N) is 2. The lowest BCUT2D eigenvalue weighted by molar-refractivity contribution is 0.594. The van der Waals surface area contributed by atoms with Gasteiger partial charge in [0, 0.05) is 6.04 Å². The van der Waals surface area contributed by atoms with E-state index < -0.39 is 0 Å². The fourth-order valence-corrected chi connectivity index (χ4v) is 2.73. The maximum absolute atomic E-state index is 4.58. The number of aryl methyl sites for hydroxylation is 1. The van der Waals surface area contributed by atoms with Crippen LogP contribution in [0, 0.1) is 0 Å². The minimum atomic E-state index is 0.461. The standard InChI is InChI=1S/C15H19N3/c1-2-12-11-17-18(13-7-4-3-5-8-13)15(12)14-9-6-10-16-14/h3-5,7-8,11,14,16H,2,6,9-10H2,1H3. The second kappa shape index (κ2) is 4.94. The van der Waals surface area contributed by atoms with Crippen molar-refractivity contribution in [2.24, 2.45) is 0 Å². The normalized spacial score (nSPS) is 19.3. The van der Waals surface area contributed by atoms with E-state index in [0.717, 1.165) is 18.7 Å². The van der Waals surface area contributed by atoms with Crippen LogP contribution in [0.2, 0.25) is 0 Å². The van der Waals surface area contributed by atoms with E-state index in [1.54, 1.807) is 0 Å². The molecule has 1 aliphatic heterocycles. The van der Waals surface area contributed by atoms with Gasteiger partial charge in [0.15, 0.2) is 0 Å². The van der Waals surface area contributed by atoms with Crippen LogP contribution in [0.15, 0.2) is 36.5 Å². The molecule has 1 fully saturated rings. The van der Waals surface area contributed by atoms with Crippen molar-refractivity contribution in [2.75, 3.05) is 6.54 Å². The van der Waals surface area contributed by atoms with Gasteiger partial charge in [-0.25, -0.2) is 4.68 Å². The summed E-state index contributed by atoms with van der Waals surface area (Å²) in [6.45, 7) is 3.32. The molecule has 0 bridgehead atoms. The van der Waals surface area contributed by atoms with Crippen LogP contribution in [0.1, 0.15) is 37.1 Å². The van der Waals surface area contributed by atoms with E-state index >= 15 is 0 Å². The molecule has 2 heterocycles. The number of para-hydroxylation sites is 1. The van der Waals surface area contributed by atoms with E-state index in [4.69, 9.17) is 0 Å². The molecule has 1 N–H and O–H groups in total. The molecule has 1 saturated heterocycles. The molecule has 0 saturated carbocycles. The number of hydrogen-bond donors (Lipinski definition) is 1. The highest BCUT2D eigenvalue weighted by molar-refractivity contribution is 5.36. The molecule has 0 amide bonds. The number of benzene rings is 1. The van der Waals surface area contributed by atoms with Crippen LogP contribution in [-0.4, -0.2) is 16.3 Å². The Hall–Kier alpha value is -1.61. The minimum absolute atomic E-state index is 0.461. The zero-order valence-corrected chi connectivity index (χ0v) is 10.8. The van der Waals surface area contributed by atoms with Gasteiger partial charge in [-0.05, 0) is 43.5 Å². The predicted molar refractivity (Wildman–Crippen MR) is 72.9 cm³/mol. The van der Waals surface area contributed by atoms with Gasteiger partial charge in [0.05, 0.1) is 17.6 Å². The molecule has 1 atom stereocenters. The van der Waals surface area contributed by atoms with Crippen molar-refractivity contribution in [3.05, 3.63) is 47.8 Å². The summed E-state index contributed by atoms with van der Waals surface area (Å²) in [4.78, 5) is 0. The summed E-state index contributed by atoms with van der Waals surface area (Å²) >= 11 is 0. The van der Waals surface area contributed by atoms with Gasteiger partial charge in [0.2, 0.25) is 0 Å². The van der Waals surface area contributed by atoms with Crippen molar-refractivity contribution in [1.82, 2.24) is 15.1 Å². The van der Waals surface area contributed by atoms with Gasteiger partial charge in [-0.15, -0.1) is 0 Å². The first-order chi connectivity index (χ1) is 8.90. The molecule has 3 nitrogen and oxygen atoms in total. The maximum atomic E-state index is 4.58. The van der Waals surface area contributed by atoms with E-state index in [0.29, 0.717) is 6.04 Å². The Kier molecular flexibility index (Phi) is 3.15. The lowest BCUT2D eigenvalue weighted by Crippen LogP contribution is -2.18. The van der Waals surface area contributed by atoms with Crippen LogP contribution in [0.3, 0.4) is 0 Å². The Bertz CT molecular complexity index is 510. The van der Waals surface area contributed by atoms with Crippen LogP contribution in [0.5, 0.6) is 0 Å². The fourth-order valence-electron chi connectivity index (χ4n) is 2.73. The Morgan fingerprint density at radius 3 is 2.83 bits per heavy atom. The van der Waals surface area contributed by atoms with Crippen LogP contribution >= 0.6 is 0 Å². The lowest BCUT2D eigenvalue weighted by Gasteiger charge is -2.15. The third-order valence-corrected chi connectivity index (χ3v) is 3.66. The summed E-state index contributed by atoms with van der Waals surface area (Å²) in [5.74, 6) is 0. The van der Waals surface area contributed by atoms with Gasteiger partial charge >= 0.3 is 0 Å². The molecular weight excluding hydrogens is 222 g/mol. The third-order valence-electron chi connectivity index (χ3n) is 3.66. The molecule has 1 aromatic carbocycles. The molecule has 0 radical (unpaired) electrons. The average Bonchev–Trinajstić information content (AvgIpc) is 3.08. The molecular formula is C15H19N3. The minimum Gasteiger partial charge on any atom is -0.309 e. The van der Waals surface area contributed by atoms with Crippen molar-refractivity contribution in [3.63, 3.8) is 0 Å². The molecule has 3 heteroatoms. The summed E-state index contributed by atoms with van der Waals surface area (Å²) in [6.07, 6.45) is 5.53. The zero-order valence-electron chi connectivity index (χ0n) is 10.8. The van der Waals surface area contributed by atoms with E-state index in [1.807, 2.05) is 12.3 Å². The Morgan fingerprint density at radius 1 is 1.33 bits per heavy atom. The highest BCUT2D eigenvalue weighted by atomic mass is 15.3. The summed E-state index contributed by atoms with van der Waals surface area (Å²) in [7, 11) is 0. The number of hydrogen-bond acceptors (Lipinski definition) is 2. The van der Waals surface area contributed by atoms with Crippen molar-refractivity contribution in [1.29, 1.82) is 0 Å². The van der Waals surface area contributed by atoms with E-state index in [1.165, 1.54) is 24.1 Å². The third kappa shape index (κ3) is 1.95. The molecule has 1 aliphatic rings. The predicted octanol–water partition coefficient (Wildman–Crippen LogP) is 2.86. The molecule has 1 unspecified atom stereocenters. The molecule has 0 aliphatic carbocycles. The van der Waals surface area contributed by atoms with E-state index in [-0.39, 0.29) is 0 Å². The summed E-state index contributed by atoms with van der Waals surface area (Å²) in [5.41, 5.74) is 3.86. The van der Waals surface area contributed by atoms with Crippen LogP contribution in [0.25, 0.3) is 5.69 Å². The first kappa shape index (κ1) is 11.5. The van der Waals surface area contributed by atoms with Gasteiger partial charge < -0.3 is 5.32 Å². The van der Waals surface area contributed by atoms with E-state index in [2.05, 4.69) is 46.3 Å². The maximum Gasteiger partial charge on any atom is 0.0649 e. The second-order valence-corrected chi connectivity index (χ2v) is 4.80. The Labute approximate surface area is 108 Å². The highest BCUT2D eigenvalue weighted by Gasteiger charge is 2.23. The highest BCUT2D eigenvalue weighted by Crippen LogP contribution is 2.28. The van der Waals surface area contributed by atoms with Crippen LogP contribution < -0.4 is 5.32 Å². The van der Waals surface area contributed by atoms with Crippen molar-refractivity contribution >= 4 is 0 Å². The fraction of sp³-hybridized carbons (Fsp3) is 0.400. The number of nitrogens with one attached hydrogen (secondary N) is 1. The quantitative estimate of drug-likeness (QED) is 0.895. The van der Waals surface area contributed by atoms with Crippen molar-refractivity contribution in [2.45, 2.75) is 32.2 Å². The molecule has 3 rings (SSSR count). The van der Waals surface area contributed by atoms with Crippen LogP contribution in [-0.2, 0) is 6.42 Å². The number of aromatic nitrogens is 2. The van der Waals surface area contributed by atoms with Gasteiger partial charge in [-0.2, -0.15) is 5.10 Å². The molecule has 0 spiro atoms. The van der Waals surface area contributed by atoms with Gasteiger partial charge in [0.1, 0.15) is 0 Å². The summed E-state index contributed by atoms with van der Waals surface area (Å²) < 4.78 is 2.10. The molecule has 94 valence electrons. The van der Waals surface area contributed by atoms with Crippen LogP contribution in [0.4, 0.5) is 0 Å². The topological polar surface area (TPSA) is 29.9 Å². The van der Waals surface area contributed by atoms with E-state index in [9.17, 15) is 0 Å². The van der Waals surface area contributed by atoms with Gasteiger partial charge in [-0.3, -0.25) is 0 Å². The molecule has 2 aromatic rings. The average molecular weight is 241 g/mol. The Morgan fingerprint density at radius 2 is 2.17 bits per heavy atom. The first-order valence-corrected chi connectivity index (χ1v) is 6.75. The largest absolute Gasteiger partial charge is 0.309 e. The van der Waals surface area contributed by atoms with Crippen molar-refractivity contribution < 1.29 is 0 Å². The smallest absolute Gasteiger partial charge is 0.0649 e. The summed E-state index contributed by atoms with van der Waals surface area (Å²) in [6, 6.07) is 10.9. The Balaban J connectivity index is 2.06. The van der Waals surface area contributed by atoms with Gasteiger partial charge in [-0.1, -0.05) is 25.1 Å². The number of rotatable bonds is 3. The monoisotopic (exact) mass is 241 g/mol. The zero-order chi connectivity index (χ0) is 12.4. The molecule has 18 heavy (non-hydrogen) atoms. The van der Waals surface area contributed by atoms with Crippen molar-refractivity contribution in [3.8, 4) is 5.69 Å². The van der Waals surface area contributed by atoms with Gasteiger partial charge in [0.25, 0.3) is 0 Å². The first-order valence-electron chi connectivity index (χ1n) is 6.75. The lowest BCUT2D eigenvalue weighted by atomic mass is 10.1. The summed E-state index contributed by atoms with van der Waals surface area (Å²) in [5, 5.41) is 8.16. The SMILES string of the molecule is CCc1cnn(-c2ccccc2)c1C1CCCN1. The molecule has 1 aromatic heterocycles. The second-order valence-electron chi connectivity index (χ2n) is 4.80.